The van der Waals surface area contributed by atoms with E-state index >= 15 is 0 Å². The Morgan fingerprint density at radius 3 is 2.25 bits per heavy atom. The third kappa shape index (κ3) is 5.86. The Morgan fingerprint density at radius 1 is 0.944 bits per heavy atom. The second kappa shape index (κ2) is 11.5. The van der Waals surface area contributed by atoms with Gasteiger partial charge in [0.25, 0.3) is 0 Å². The molecule has 0 saturated heterocycles. The molecular weight excluding hydrogens is 468 g/mol. The van der Waals surface area contributed by atoms with Crippen LogP contribution >= 0.6 is 11.3 Å². The average Bonchev–Trinajstić information content (AvgIpc) is 3.38. The first-order chi connectivity index (χ1) is 17.5. The van der Waals surface area contributed by atoms with Crippen molar-refractivity contribution in [2.45, 2.75) is 65.0 Å². The molecule has 4 aliphatic rings. The summed E-state index contributed by atoms with van der Waals surface area (Å²) in [4.78, 5) is 33.0. The molecule has 0 aliphatic heterocycles. The highest BCUT2D eigenvalue weighted by Gasteiger charge is 2.55. The topological polar surface area (TPSA) is 49.9 Å². The van der Waals surface area contributed by atoms with Gasteiger partial charge in [-0.3, -0.25) is 9.59 Å². The van der Waals surface area contributed by atoms with E-state index in [9.17, 15) is 9.59 Å². The zero-order valence-electron chi connectivity index (χ0n) is 21.6. The lowest BCUT2D eigenvalue weighted by Crippen LogP contribution is -2.56. The van der Waals surface area contributed by atoms with Crippen LogP contribution in [-0.4, -0.2) is 47.9 Å². The lowest BCUT2D eigenvalue weighted by Gasteiger charge is -2.56. The number of thiophene rings is 1. The van der Waals surface area contributed by atoms with E-state index in [2.05, 4.69) is 23.6 Å². The number of nitrogens with zero attached hydrogens (tertiary/aromatic N) is 2. The van der Waals surface area contributed by atoms with Crippen molar-refractivity contribution in [2.24, 2.45) is 23.2 Å². The number of carbonyl (C=O) groups excluding carboxylic acids is 2. The summed E-state index contributed by atoms with van der Waals surface area (Å²) >= 11 is 1.67. The minimum atomic E-state index is -0.237. The van der Waals surface area contributed by atoms with Gasteiger partial charge in [0.2, 0.25) is 11.8 Å². The predicted molar refractivity (Wildman–Crippen MR) is 143 cm³/mol. The molecule has 4 aliphatic carbocycles. The molecule has 6 heteroatoms. The SMILES string of the molecule is CCOCCCN(CC(=O)N(Cc1ccccc1)Cc1cccs1)C(=O)C12CC3CC(CC(C3)C1)C2. The molecule has 0 atom stereocenters. The van der Waals surface area contributed by atoms with Crippen LogP contribution in [0.25, 0.3) is 0 Å². The van der Waals surface area contributed by atoms with Crippen LogP contribution in [-0.2, 0) is 27.4 Å². The number of carbonyl (C=O) groups is 2. The van der Waals surface area contributed by atoms with E-state index in [1.54, 1.807) is 11.3 Å². The van der Waals surface area contributed by atoms with Crippen LogP contribution in [0.3, 0.4) is 0 Å². The molecular formula is C30H40N2O3S. The van der Waals surface area contributed by atoms with Crippen LogP contribution in [0, 0.1) is 23.2 Å². The van der Waals surface area contributed by atoms with Crippen LogP contribution in [0.5, 0.6) is 0 Å². The Morgan fingerprint density at radius 2 is 1.64 bits per heavy atom. The van der Waals surface area contributed by atoms with E-state index < -0.39 is 0 Å². The summed E-state index contributed by atoms with van der Waals surface area (Å²) in [5, 5.41) is 2.05. The molecule has 6 rings (SSSR count). The van der Waals surface area contributed by atoms with Crippen molar-refractivity contribution >= 4 is 23.2 Å². The standard InChI is InChI=1S/C30H40N2O3S/c1-2-35-12-7-11-31(29(34)30-17-24-14-25(18-30)16-26(15-24)19-30)22-28(33)32(21-27-10-6-13-36-27)20-23-8-4-3-5-9-23/h3-6,8-10,13,24-26H,2,7,11-12,14-22H2,1H3. The van der Waals surface area contributed by atoms with Crippen LogP contribution in [0.15, 0.2) is 47.8 Å². The summed E-state index contributed by atoms with van der Waals surface area (Å²) in [6.45, 7) is 5.16. The molecule has 2 aromatic rings. The Labute approximate surface area is 219 Å². The average molecular weight is 509 g/mol. The predicted octanol–water partition coefficient (Wildman–Crippen LogP) is 5.75. The van der Waals surface area contributed by atoms with Crippen molar-refractivity contribution in [2.75, 3.05) is 26.3 Å². The largest absolute Gasteiger partial charge is 0.382 e. The molecule has 194 valence electrons. The van der Waals surface area contributed by atoms with Gasteiger partial charge in [-0.05, 0) is 86.6 Å². The summed E-state index contributed by atoms with van der Waals surface area (Å²) in [5.41, 5.74) is 0.872. The molecule has 1 aromatic heterocycles. The summed E-state index contributed by atoms with van der Waals surface area (Å²) < 4.78 is 5.58. The smallest absolute Gasteiger partial charge is 0.242 e. The zero-order valence-corrected chi connectivity index (χ0v) is 22.4. The van der Waals surface area contributed by atoms with Gasteiger partial charge in [-0.1, -0.05) is 36.4 Å². The Balaban J connectivity index is 1.33. The first-order valence-corrected chi connectivity index (χ1v) is 14.6. The lowest BCUT2D eigenvalue weighted by molar-refractivity contribution is -0.160. The number of rotatable bonds is 12. The van der Waals surface area contributed by atoms with Crippen molar-refractivity contribution in [3.05, 3.63) is 58.3 Å². The molecule has 36 heavy (non-hydrogen) atoms. The highest BCUT2D eigenvalue weighted by atomic mass is 32.1. The number of benzene rings is 1. The second-order valence-corrected chi connectivity index (χ2v) is 12.3. The first kappa shape index (κ1) is 25.5. The lowest BCUT2D eigenvalue weighted by atomic mass is 9.49. The van der Waals surface area contributed by atoms with Crippen molar-refractivity contribution in [1.29, 1.82) is 0 Å². The fourth-order valence-electron chi connectivity index (χ4n) is 7.35. The monoisotopic (exact) mass is 508 g/mol. The van der Waals surface area contributed by atoms with Crippen LogP contribution in [0.1, 0.15) is 62.3 Å². The van der Waals surface area contributed by atoms with E-state index in [1.807, 2.05) is 41.0 Å². The van der Waals surface area contributed by atoms with Gasteiger partial charge >= 0.3 is 0 Å². The third-order valence-electron chi connectivity index (χ3n) is 8.52. The van der Waals surface area contributed by atoms with Gasteiger partial charge in [0.1, 0.15) is 0 Å². The number of amides is 2. The van der Waals surface area contributed by atoms with Crippen molar-refractivity contribution < 1.29 is 14.3 Å². The summed E-state index contributed by atoms with van der Waals surface area (Å²) in [6, 6.07) is 14.3. The van der Waals surface area contributed by atoms with Crippen LogP contribution in [0.4, 0.5) is 0 Å². The number of hydrogen-bond acceptors (Lipinski definition) is 4. The summed E-state index contributed by atoms with van der Waals surface area (Å²) in [7, 11) is 0. The fourth-order valence-corrected chi connectivity index (χ4v) is 8.07. The van der Waals surface area contributed by atoms with E-state index in [0.29, 0.717) is 50.6 Å². The number of hydrogen-bond donors (Lipinski definition) is 0. The number of ether oxygens (including phenoxy) is 1. The maximum absolute atomic E-state index is 14.2. The molecule has 1 aromatic carbocycles. The molecule has 1 heterocycles. The van der Waals surface area contributed by atoms with Crippen LogP contribution < -0.4 is 0 Å². The second-order valence-electron chi connectivity index (χ2n) is 11.3. The molecule has 0 spiro atoms. The molecule has 0 N–H and O–H groups in total. The van der Waals surface area contributed by atoms with E-state index in [-0.39, 0.29) is 23.8 Å². The van der Waals surface area contributed by atoms with Gasteiger partial charge in [0.05, 0.1) is 18.5 Å². The fraction of sp³-hybridized carbons (Fsp3) is 0.600. The molecule has 0 unspecified atom stereocenters. The molecule has 2 amide bonds. The molecule has 0 radical (unpaired) electrons. The van der Waals surface area contributed by atoms with Crippen molar-refractivity contribution in [1.82, 2.24) is 9.80 Å². The minimum absolute atomic E-state index is 0.0294. The normalized spacial score (nSPS) is 26.2. The maximum Gasteiger partial charge on any atom is 0.242 e. The van der Waals surface area contributed by atoms with Crippen LogP contribution in [0.2, 0.25) is 0 Å². The summed E-state index contributed by atoms with van der Waals surface area (Å²) in [5.74, 6) is 2.38. The Kier molecular flexibility index (Phi) is 8.12. The van der Waals surface area contributed by atoms with Gasteiger partial charge in [0.15, 0.2) is 0 Å². The van der Waals surface area contributed by atoms with Crippen molar-refractivity contribution in [3.8, 4) is 0 Å². The summed E-state index contributed by atoms with van der Waals surface area (Å²) in [6.07, 6.45) is 7.76. The van der Waals surface area contributed by atoms with E-state index in [0.717, 1.165) is 36.1 Å². The van der Waals surface area contributed by atoms with Gasteiger partial charge in [-0.15, -0.1) is 11.3 Å². The highest BCUT2D eigenvalue weighted by Crippen LogP contribution is 2.60. The minimum Gasteiger partial charge on any atom is -0.382 e. The molecule has 4 fully saturated rings. The Hall–Kier alpha value is -2.18. The quantitative estimate of drug-likeness (QED) is 0.343. The molecule has 4 bridgehead atoms. The van der Waals surface area contributed by atoms with Gasteiger partial charge in [0, 0.05) is 31.2 Å². The van der Waals surface area contributed by atoms with Crippen molar-refractivity contribution in [3.63, 3.8) is 0 Å². The van der Waals surface area contributed by atoms with Gasteiger partial charge < -0.3 is 14.5 Å². The third-order valence-corrected chi connectivity index (χ3v) is 9.38. The van der Waals surface area contributed by atoms with E-state index in [4.69, 9.17) is 4.74 Å². The zero-order chi connectivity index (χ0) is 25.0. The van der Waals surface area contributed by atoms with Gasteiger partial charge in [-0.25, -0.2) is 0 Å². The molecule has 5 nitrogen and oxygen atoms in total. The Bertz CT molecular complexity index is 971. The maximum atomic E-state index is 14.2. The first-order valence-electron chi connectivity index (χ1n) is 13.8. The van der Waals surface area contributed by atoms with Gasteiger partial charge in [-0.2, -0.15) is 0 Å². The van der Waals surface area contributed by atoms with E-state index in [1.165, 1.54) is 19.3 Å². The highest BCUT2D eigenvalue weighted by molar-refractivity contribution is 7.09. The molecule has 4 saturated carbocycles.